The third kappa shape index (κ3) is 4.82. The summed E-state index contributed by atoms with van der Waals surface area (Å²) >= 11 is 0. The van der Waals surface area contributed by atoms with Gasteiger partial charge in [-0.3, -0.25) is 0 Å². The van der Waals surface area contributed by atoms with Crippen molar-refractivity contribution in [3.05, 3.63) is 42.0 Å². The molecule has 0 radical (unpaired) electrons. The summed E-state index contributed by atoms with van der Waals surface area (Å²) < 4.78 is 0. The topological polar surface area (TPSA) is 81.0 Å². The van der Waals surface area contributed by atoms with Crippen LogP contribution in [-0.4, -0.2) is 50.7 Å². The van der Waals surface area contributed by atoms with Crippen LogP contribution in [0.4, 0.5) is 17.1 Å². The second-order valence-corrected chi connectivity index (χ2v) is 6.03. The van der Waals surface area contributed by atoms with Crippen LogP contribution >= 0.6 is 0 Å². The average molecular weight is 334 g/mol. The van der Waals surface area contributed by atoms with Gasteiger partial charge in [-0.2, -0.15) is 5.26 Å². The molecule has 2 aromatic rings. The molecule has 0 bridgehead atoms. The van der Waals surface area contributed by atoms with Crippen molar-refractivity contribution in [1.82, 2.24) is 9.80 Å². The molecule has 0 saturated carbocycles. The zero-order valence-electron chi connectivity index (χ0n) is 14.9. The van der Waals surface area contributed by atoms with Crippen molar-refractivity contribution < 1.29 is 0 Å². The lowest BCUT2D eigenvalue weighted by Crippen LogP contribution is -2.07. The highest BCUT2D eigenvalue weighted by molar-refractivity contribution is 5.78. The maximum absolute atomic E-state index is 9.39. The van der Waals surface area contributed by atoms with Crippen LogP contribution in [0.3, 0.4) is 0 Å². The number of aliphatic imine (C=N–C) groups is 2. The highest BCUT2D eigenvalue weighted by Crippen LogP contribution is 2.31. The summed E-state index contributed by atoms with van der Waals surface area (Å²) in [6.45, 7) is 0. The van der Waals surface area contributed by atoms with E-state index < -0.39 is 0 Å². The van der Waals surface area contributed by atoms with Crippen molar-refractivity contribution in [2.75, 3.05) is 33.9 Å². The Morgan fingerprint density at radius 2 is 1.40 bits per heavy atom. The van der Waals surface area contributed by atoms with Gasteiger partial charge in [0.05, 0.1) is 35.3 Å². The number of nitrogens with two attached hydrogens (primary N) is 1. The summed E-state index contributed by atoms with van der Waals surface area (Å²) in [5.74, 6) is 0. The maximum Gasteiger partial charge on any atom is 0.101 e. The molecule has 6 nitrogen and oxygen atoms in total. The first kappa shape index (κ1) is 18.0. The summed E-state index contributed by atoms with van der Waals surface area (Å²) in [4.78, 5) is 12.3. The smallest absolute Gasteiger partial charge is 0.101 e. The molecule has 2 N–H and O–H groups in total. The second-order valence-electron chi connectivity index (χ2n) is 6.03. The van der Waals surface area contributed by atoms with Gasteiger partial charge in [-0.15, -0.1) is 0 Å². The average Bonchev–Trinajstić information content (AvgIpc) is 2.58. The first-order valence-corrected chi connectivity index (χ1v) is 7.76. The number of nitriles is 1. The van der Waals surface area contributed by atoms with Crippen LogP contribution in [0.25, 0.3) is 11.1 Å². The Morgan fingerprint density at radius 3 is 1.92 bits per heavy atom. The molecule has 2 rings (SSSR count). The van der Waals surface area contributed by atoms with E-state index in [-0.39, 0.29) is 0 Å². The minimum atomic E-state index is 0.517. The number of benzene rings is 2. The molecule has 0 heterocycles. The lowest BCUT2D eigenvalue weighted by atomic mass is 10.0. The molecule has 0 unspecified atom stereocenters. The number of anilines is 1. The molecule has 6 heteroatoms. The molecule has 0 fully saturated rings. The Balaban J connectivity index is 2.36. The van der Waals surface area contributed by atoms with E-state index in [2.05, 4.69) is 16.1 Å². The van der Waals surface area contributed by atoms with Crippen LogP contribution in [0.2, 0.25) is 0 Å². The van der Waals surface area contributed by atoms with Gasteiger partial charge in [-0.05, 0) is 35.4 Å². The number of hydrogen-bond acceptors (Lipinski definition) is 4. The second kappa shape index (κ2) is 7.97. The standard InChI is InChI=1S/C19H22N6/c1-24(2)12-22-18-7-5-14(9-16(18)11-20)15-6-8-19(17(21)10-15)23-13-25(3)4/h5-10,12-13H,21H2,1-4H3/b22-12+,23-13+. The lowest BCUT2D eigenvalue weighted by Gasteiger charge is -2.09. The van der Waals surface area contributed by atoms with Crippen molar-refractivity contribution in [2.45, 2.75) is 0 Å². The molecule has 0 aliphatic carbocycles. The molecule has 0 aromatic heterocycles. The normalized spacial score (nSPS) is 11.0. The van der Waals surface area contributed by atoms with Crippen molar-refractivity contribution in [1.29, 1.82) is 5.26 Å². The van der Waals surface area contributed by atoms with E-state index in [1.165, 1.54) is 0 Å². The summed E-state index contributed by atoms with van der Waals surface area (Å²) in [7, 11) is 7.57. The van der Waals surface area contributed by atoms with Gasteiger partial charge in [-0.25, -0.2) is 9.98 Å². The van der Waals surface area contributed by atoms with Gasteiger partial charge < -0.3 is 15.5 Å². The fourth-order valence-electron chi connectivity index (χ4n) is 2.12. The first-order valence-electron chi connectivity index (χ1n) is 7.76. The van der Waals surface area contributed by atoms with Crippen molar-refractivity contribution >= 4 is 29.7 Å². The van der Waals surface area contributed by atoms with Crippen molar-refractivity contribution in [2.24, 2.45) is 9.98 Å². The zero-order valence-corrected chi connectivity index (χ0v) is 14.9. The van der Waals surface area contributed by atoms with Crippen molar-refractivity contribution in [3.8, 4) is 17.2 Å². The molecule has 0 aliphatic heterocycles. The zero-order chi connectivity index (χ0) is 18.4. The molecule has 128 valence electrons. The van der Waals surface area contributed by atoms with Crippen LogP contribution in [0.15, 0.2) is 46.4 Å². The van der Waals surface area contributed by atoms with Gasteiger partial charge in [0.2, 0.25) is 0 Å². The highest BCUT2D eigenvalue weighted by Gasteiger charge is 2.06. The third-order valence-electron chi connectivity index (χ3n) is 3.33. The van der Waals surface area contributed by atoms with Crippen LogP contribution in [0, 0.1) is 11.3 Å². The van der Waals surface area contributed by atoms with Gasteiger partial charge in [-0.1, -0.05) is 12.1 Å². The van der Waals surface area contributed by atoms with Gasteiger partial charge in [0.25, 0.3) is 0 Å². The number of rotatable bonds is 5. The molecule has 2 aromatic carbocycles. The Kier molecular flexibility index (Phi) is 5.75. The summed E-state index contributed by atoms with van der Waals surface area (Å²) in [5, 5.41) is 9.39. The molecule has 25 heavy (non-hydrogen) atoms. The minimum absolute atomic E-state index is 0.517. The summed E-state index contributed by atoms with van der Waals surface area (Å²) in [6.07, 6.45) is 3.38. The van der Waals surface area contributed by atoms with Crippen LogP contribution < -0.4 is 5.73 Å². The predicted octanol–water partition coefficient (Wildman–Crippen LogP) is 3.25. The van der Waals surface area contributed by atoms with E-state index in [9.17, 15) is 5.26 Å². The Bertz CT molecular complexity index is 843. The quantitative estimate of drug-likeness (QED) is 0.517. The van der Waals surface area contributed by atoms with Gasteiger partial charge in [0, 0.05) is 28.2 Å². The largest absolute Gasteiger partial charge is 0.397 e. The number of hydrogen-bond donors (Lipinski definition) is 1. The highest BCUT2D eigenvalue weighted by atomic mass is 15.1. The van der Waals surface area contributed by atoms with Gasteiger partial charge in [0.15, 0.2) is 0 Å². The van der Waals surface area contributed by atoms with Crippen LogP contribution in [-0.2, 0) is 0 Å². The fourth-order valence-corrected chi connectivity index (χ4v) is 2.12. The lowest BCUT2D eigenvalue weighted by molar-refractivity contribution is 0.643. The minimum Gasteiger partial charge on any atom is -0.397 e. The SMILES string of the molecule is CN(C)/C=N/c1ccc(-c2ccc(/N=C/N(C)C)c(C#N)c2)cc1N. The molecule has 0 atom stereocenters. The fraction of sp³-hybridized carbons (Fsp3) is 0.211. The van der Waals surface area contributed by atoms with E-state index in [0.717, 1.165) is 11.1 Å². The van der Waals surface area contributed by atoms with Crippen molar-refractivity contribution in [3.63, 3.8) is 0 Å². The Morgan fingerprint density at radius 1 is 0.880 bits per heavy atom. The molecular weight excluding hydrogens is 312 g/mol. The van der Waals surface area contributed by atoms with E-state index in [1.54, 1.807) is 12.7 Å². The maximum atomic E-state index is 9.39. The third-order valence-corrected chi connectivity index (χ3v) is 3.33. The Hall–Kier alpha value is -3.33. The van der Waals surface area contributed by atoms with Gasteiger partial charge >= 0.3 is 0 Å². The molecule has 0 amide bonds. The summed E-state index contributed by atoms with van der Waals surface area (Å²) in [5.41, 5.74) is 10.4. The molecule has 0 saturated heterocycles. The number of nitrogen functional groups attached to an aromatic ring is 1. The van der Waals surface area contributed by atoms with Crippen LogP contribution in [0.5, 0.6) is 0 Å². The monoisotopic (exact) mass is 334 g/mol. The number of nitrogens with zero attached hydrogens (tertiary/aromatic N) is 5. The molecule has 0 spiro atoms. The first-order chi connectivity index (χ1) is 11.9. The summed E-state index contributed by atoms with van der Waals surface area (Å²) in [6, 6.07) is 13.5. The van der Waals surface area contributed by atoms with Crippen LogP contribution in [0.1, 0.15) is 5.56 Å². The Labute approximate surface area is 148 Å². The van der Waals surface area contributed by atoms with E-state index >= 15 is 0 Å². The molecule has 0 aliphatic rings. The van der Waals surface area contributed by atoms with E-state index in [4.69, 9.17) is 5.73 Å². The predicted molar refractivity (Wildman–Crippen MR) is 105 cm³/mol. The molecular formula is C19H22N6. The van der Waals surface area contributed by atoms with E-state index in [0.29, 0.717) is 22.6 Å². The van der Waals surface area contributed by atoms with E-state index in [1.807, 2.05) is 74.4 Å². The van der Waals surface area contributed by atoms with Gasteiger partial charge in [0.1, 0.15) is 6.07 Å².